The Bertz CT molecular complexity index is 914. The number of esters is 5. The quantitative estimate of drug-likeness (QED) is 0.337. The van der Waals surface area contributed by atoms with Crippen molar-refractivity contribution in [3.8, 4) is 5.75 Å². The molecule has 0 aromatic heterocycles. The van der Waals surface area contributed by atoms with Crippen molar-refractivity contribution in [3.05, 3.63) is 30.3 Å². The topological polar surface area (TPSA) is 150 Å². The molecule has 12 heteroatoms. The van der Waals surface area contributed by atoms with Crippen LogP contribution in [-0.2, 0) is 52.4 Å². The Morgan fingerprint density at radius 3 is 1.86 bits per heavy atom. The number of hydrogen-bond acceptors (Lipinski definition) is 12. The molecule has 1 heterocycles. The van der Waals surface area contributed by atoms with Crippen LogP contribution >= 0.6 is 0 Å². The molecular weight excluding hydrogens is 468 g/mol. The number of carbonyl (C=O) groups is 5. The highest BCUT2D eigenvalue weighted by Gasteiger charge is 2.56. The van der Waals surface area contributed by atoms with E-state index in [9.17, 15) is 24.0 Å². The highest BCUT2D eigenvalue weighted by Crippen LogP contribution is 2.33. The number of benzene rings is 1. The lowest BCUT2D eigenvalue weighted by molar-refractivity contribution is -0.198. The lowest BCUT2D eigenvalue weighted by Gasteiger charge is -2.32. The van der Waals surface area contributed by atoms with Crippen LogP contribution < -0.4 is 4.74 Å². The molecule has 0 spiro atoms. The fourth-order valence-electron chi connectivity index (χ4n) is 3.44. The molecule has 1 fully saturated rings. The van der Waals surface area contributed by atoms with Gasteiger partial charge in [-0.3, -0.25) is 24.0 Å². The summed E-state index contributed by atoms with van der Waals surface area (Å²) in [5, 5.41) is 0. The van der Waals surface area contributed by atoms with Gasteiger partial charge in [-0.05, 0) is 12.1 Å². The molecule has 35 heavy (non-hydrogen) atoms. The van der Waals surface area contributed by atoms with Gasteiger partial charge in [0.05, 0.1) is 0 Å². The van der Waals surface area contributed by atoms with E-state index in [0.29, 0.717) is 5.75 Å². The van der Waals surface area contributed by atoms with Gasteiger partial charge in [0, 0.05) is 34.6 Å². The normalized spacial score (nSPS) is 22.8. The van der Waals surface area contributed by atoms with E-state index in [-0.39, 0.29) is 0 Å². The number of rotatable bonds is 10. The van der Waals surface area contributed by atoms with Crippen LogP contribution in [0.5, 0.6) is 5.75 Å². The van der Waals surface area contributed by atoms with E-state index in [1.165, 1.54) is 0 Å². The van der Waals surface area contributed by atoms with Crippen molar-refractivity contribution in [2.45, 2.75) is 71.4 Å². The van der Waals surface area contributed by atoms with E-state index in [4.69, 9.17) is 33.2 Å². The van der Waals surface area contributed by atoms with E-state index in [1.54, 1.807) is 30.3 Å². The largest absolute Gasteiger partial charge is 0.462 e. The average Bonchev–Trinajstić information content (AvgIpc) is 3.05. The first kappa shape index (κ1) is 27.6. The van der Waals surface area contributed by atoms with Gasteiger partial charge in [-0.1, -0.05) is 18.2 Å². The Morgan fingerprint density at radius 1 is 0.771 bits per heavy atom. The van der Waals surface area contributed by atoms with Gasteiger partial charge in [0.2, 0.25) is 12.4 Å². The van der Waals surface area contributed by atoms with Crippen molar-refractivity contribution in [3.63, 3.8) is 0 Å². The van der Waals surface area contributed by atoms with Gasteiger partial charge in [0.25, 0.3) is 0 Å². The smallest absolute Gasteiger partial charge is 0.303 e. The molecule has 192 valence electrons. The molecule has 6 atom stereocenters. The molecule has 0 N–H and O–H groups in total. The van der Waals surface area contributed by atoms with Crippen molar-refractivity contribution >= 4 is 29.8 Å². The molecule has 1 aromatic rings. The number of hydrogen-bond donors (Lipinski definition) is 0. The van der Waals surface area contributed by atoms with E-state index in [0.717, 1.165) is 34.6 Å². The fraction of sp³-hybridized carbons (Fsp3) is 0.522. The molecule has 0 unspecified atom stereocenters. The first-order valence-corrected chi connectivity index (χ1v) is 10.7. The second kappa shape index (κ2) is 12.7. The standard InChI is InChI=1S/C23H28O12/c1-12(24)29-11-18(30-13(2)25)19(31-14(3)26)20-21(32-15(4)27)22(33-16(5)28)23(35-20)34-17-9-7-6-8-10-17/h6-10,18-23H,11H2,1-5H3/t18-,19-,20+,21-,22-,23+/m1/s1. The third-order valence-corrected chi connectivity index (χ3v) is 4.57. The highest BCUT2D eigenvalue weighted by atomic mass is 16.7. The molecule has 0 radical (unpaired) electrons. The SMILES string of the molecule is CC(=O)OC[C@@H](OC(C)=O)[C@@H](OC(C)=O)[C@@H]1O[C@H](Oc2ccccc2)[C@H](OC(C)=O)[C@@H]1OC(C)=O. The fourth-order valence-corrected chi connectivity index (χ4v) is 3.44. The highest BCUT2D eigenvalue weighted by molar-refractivity contribution is 5.69. The van der Waals surface area contributed by atoms with Gasteiger partial charge < -0.3 is 33.2 Å². The van der Waals surface area contributed by atoms with Crippen LogP contribution in [-0.4, -0.2) is 73.3 Å². The maximum Gasteiger partial charge on any atom is 0.303 e. The second-order valence-electron chi connectivity index (χ2n) is 7.57. The molecule has 12 nitrogen and oxygen atoms in total. The molecule has 2 rings (SSSR count). The van der Waals surface area contributed by atoms with E-state index < -0.39 is 73.3 Å². The Kier molecular flexibility index (Phi) is 10.0. The minimum Gasteiger partial charge on any atom is -0.462 e. The molecule has 0 amide bonds. The predicted molar refractivity (Wildman–Crippen MR) is 115 cm³/mol. The minimum atomic E-state index is -1.44. The molecule has 1 aliphatic rings. The van der Waals surface area contributed by atoms with Gasteiger partial charge >= 0.3 is 29.8 Å². The van der Waals surface area contributed by atoms with Crippen molar-refractivity contribution < 1.29 is 57.1 Å². The molecule has 1 saturated heterocycles. The zero-order valence-corrected chi connectivity index (χ0v) is 20.0. The minimum absolute atomic E-state index is 0.345. The number of carbonyl (C=O) groups excluding carboxylic acids is 5. The summed E-state index contributed by atoms with van der Waals surface area (Å²) >= 11 is 0. The van der Waals surface area contributed by atoms with Crippen molar-refractivity contribution in [2.75, 3.05) is 6.61 Å². The zero-order valence-electron chi connectivity index (χ0n) is 20.0. The van der Waals surface area contributed by atoms with E-state index in [2.05, 4.69) is 0 Å². The first-order valence-electron chi connectivity index (χ1n) is 10.7. The Labute approximate surface area is 201 Å². The first-order chi connectivity index (χ1) is 16.5. The van der Waals surface area contributed by atoms with E-state index >= 15 is 0 Å². The van der Waals surface area contributed by atoms with Gasteiger partial charge in [-0.15, -0.1) is 0 Å². The third-order valence-electron chi connectivity index (χ3n) is 4.57. The second-order valence-corrected chi connectivity index (χ2v) is 7.57. The Hall–Kier alpha value is -3.67. The molecule has 0 aliphatic carbocycles. The summed E-state index contributed by atoms with van der Waals surface area (Å²) in [7, 11) is 0. The maximum absolute atomic E-state index is 11.9. The number of ether oxygens (including phenoxy) is 7. The van der Waals surface area contributed by atoms with Crippen molar-refractivity contribution in [1.29, 1.82) is 0 Å². The molecule has 1 aliphatic heterocycles. The maximum atomic E-state index is 11.9. The zero-order chi connectivity index (χ0) is 26.1. The van der Waals surface area contributed by atoms with Gasteiger partial charge in [0.1, 0.15) is 18.5 Å². The summed E-state index contributed by atoms with van der Waals surface area (Å²) < 4.78 is 38.1. The van der Waals surface area contributed by atoms with Crippen LogP contribution in [0.2, 0.25) is 0 Å². The average molecular weight is 496 g/mol. The van der Waals surface area contributed by atoms with Crippen LogP contribution in [0, 0.1) is 0 Å². The summed E-state index contributed by atoms with van der Waals surface area (Å²) in [6, 6.07) is 8.39. The molecular formula is C23H28O12. The van der Waals surface area contributed by atoms with Crippen LogP contribution in [0.1, 0.15) is 34.6 Å². The third kappa shape index (κ3) is 8.56. The van der Waals surface area contributed by atoms with Gasteiger partial charge in [-0.2, -0.15) is 0 Å². The lowest BCUT2D eigenvalue weighted by Crippen LogP contribution is -2.52. The Balaban J connectivity index is 2.50. The number of para-hydroxylation sites is 1. The van der Waals surface area contributed by atoms with Crippen LogP contribution in [0.3, 0.4) is 0 Å². The molecule has 1 aromatic carbocycles. The summed E-state index contributed by atoms with van der Waals surface area (Å²) in [5.41, 5.74) is 0. The van der Waals surface area contributed by atoms with Gasteiger partial charge in [-0.25, -0.2) is 0 Å². The molecule has 0 saturated carbocycles. The predicted octanol–water partition coefficient (Wildman–Crippen LogP) is 1.08. The van der Waals surface area contributed by atoms with Crippen molar-refractivity contribution in [1.82, 2.24) is 0 Å². The van der Waals surface area contributed by atoms with Crippen molar-refractivity contribution in [2.24, 2.45) is 0 Å². The summed E-state index contributed by atoms with van der Waals surface area (Å²) in [5.74, 6) is -3.38. The van der Waals surface area contributed by atoms with Crippen LogP contribution in [0.25, 0.3) is 0 Å². The lowest BCUT2D eigenvalue weighted by atomic mass is 10.0. The summed E-state index contributed by atoms with van der Waals surface area (Å²) in [6.07, 6.45) is -8.07. The van der Waals surface area contributed by atoms with Crippen LogP contribution in [0.15, 0.2) is 30.3 Å². The van der Waals surface area contributed by atoms with Gasteiger partial charge in [0.15, 0.2) is 18.3 Å². The summed E-state index contributed by atoms with van der Waals surface area (Å²) in [6.45, 7) is 5.11. The molecule has 0 bridgehead atoms. The summed E-state index contributed by atoms with van der Waals surface area (Å²) in [4.78, 5) is 58.9. The van der Waals surface area contributed by atoms with E-state index in [1.807, 2.05) is 0 Å². The monoisotopic (exact) mass is 496 g/mol. The van der Waals surface area contributed by atoms with Crippen LogP contribution in [0.4, 0.5) is 0 Å². The Morgan fingerprint density at radius 2 is 1.34 bits per heavy atom.